The van der Waals surface area contributed by atoms with E-state index in [-0.39, 0.29) is 12.2 Å². The molecule has 3 nitrogen and oxygen atoms in total. The number of hydrogen-bond acceptors (Lipinski definition) is 3. The first kappa shape index (κ1) is 9.81. The van der Waals surface area contributed by atoms with Crippen molar-refractivity contribution in [2.24, 2.45) is 11.8 Å². The Balaban J connectivity index is 0.000000226. The Bertz CT molecular complexity index is 207. The zero-order chi connectivity index (χ0) is 10.1. The number of fused-ring (bicyclic) bond motifs is 5. The molecule has 1 heterocycles. The van der Waals surface area contributed by atoms with Gasteiger partial charge in [0, 0.05) is 11.8 Å². The molecule has 14 heavy (non-hydrogen) atoms. The fourth-order valence-corrected chi connectivity index (χ4v) is 2.76. The van der Waals surface area contributed by atoms with Crippen LogP contribution in [-0.4, -0.2) is 18.4 Å². The molecule has 0 radical (unpaired) electrons. The van der Waals surface area contributed by atoms with E-state index < -0.39 is 6.16 Å². The summed E-state index contributed by atoms with van der Waals surface area (Å²) in [6, 6.07) is 0. The Morgan fingerprint density at radius 1 is 1.14 bits per heavy atom. The monoisotopic (exact) mass is 198 g/mol. The molecule has 3 heteroatoms. The zero-order valence-corrected chi connectivity index (χ0v) is 8.86. The molecule has 3 rings (SSSR count). The second-order valence-corrected chi connectivity index (χ2v) is 4.46. The molecule has 80 valence electrons. The molecule has 4 unspecified atom stereocenters. The fraction of sp³-hybridized carbons (Fsp3) is 0.909. The SMILES string of the molecule is CCC.O=C1OC2C3CCC(C3)C2O1. The van der Waals surface area contributed by atoms with Gasteiger partial charge in [-0.3, -0.25) is 0 Å². The van der Waals surface area contributed by atoms with E-state index in [1.807, 2.05) is 0 Å². The van der Waals surface area contributed by atoms with E-state index >= 15 is 0 Å². The third-order valence-electron chi connectivity index (χ3n) is 3.23. The number of hydrogen-bond donors (Lipinski definition) is 0. The van der Waals surface area contributed by atoms with E-state index in [1.165, 1.54) is 25.7 Å². The van der Waals surface area contributed by atoms with Crippen LogP contribution < -0.4 is 0 Å². The maximum Gasteiger partial charge on any atom is 0.509 e. The lowest BCUT2D eigenvalue weighted by Crippen LogP contribution is -2.28. The van der Waals surface area contributed by atoms with Gasteiger partial charge in [0.05, 0.1) is 0 Å². The summed E-state index contributed by atoms with van der Waals surface area (Å²) in [7, 11) is 0. The van der Waals surface area contributed by atoms with Crippen molar-refractivity contribution >= 4 is 6.16 Å². The molecule has 1 saturated heterocycles. The van der Waals surface area contributed by atoms with Crippen molar-refractivity contribution in [3.8, 4) is 0 Å². The van der Waals surface area contributed by atoms with E-state index in [1.54, 1.807) is 0 Å². The summed E-state index contributed by atoms with van der Waals surface area (Å²) in [6.45, 7) is 4.25. The Morgan fingerprint density at radius 3 is 2.00 bits per heavy atom. The van der Waals surface area contributed by atoms with Gasteiger partial charge >= 0.3 is 6.16 Å². The van der Waals surface area contributed by atoms with Crippen molar-refractivity contribution in [1.82, 2.24) is 0 Å². The molecule has 0 N–H and O–H groups in total. The van der Waals surface area contributed by atoms with Crippen LogP contribution in [0, 0.1) is 11.8 Å². The highest BCUT2D eigenvalue weighted by Crippen LogP contribution is 2.49. The highest BCUT2D eigenvalue weighted by Gasteiger charge is 2.55. The van der Waals surface area contributed by atoms with Crippen molar-refractivity contribution in [3.63, 3.8) is 0 Å². The first-order chi connectivity index (χ1) is 6.76. The lowest BCUT2D eigenvalue weighted by atomic mass is 9.95. The standard InChI is InChI=1S/C8H10O3.C3H8/c9-8-10-6-4-1-2-5(3-4)7(6)11-8;1-3-2/h4-7H,1-3H2;3H2,1-2H3. The highest BCUT2D eigenvalue weighted by molar-refractivity contribution is 5.63. The molecular weight excluding hydrogens is 180 g/mol. The summed E-state index contributed by atoms with van der Waals surface area (Å²) in [5.41, 5.74) is 0. The molecule has 4 atom stereocenters. The lowest BCUT2D eigenvalue weighted by Gasteiger charge is -2.19. The van der Waals surface area contributed by atoms with Crippen molar-refractivity contribution < 1.29 is 14.3 Å². The molecule has 2 aliphatic carbocycles. The van der Waals surface area contributed by atoms with Crippen molar-refractivity contribution in [2.45, 2.75) is 51.7 Å². The summed E-state index contributed by atoms with van der Waals surface area (Å²) in [4.78, 5) is 10.7. The van der Waals surface area contributed by atoms with Crippen LogP contribution in [0.4, 0.5) is 4.79 Å². The summed E-state index contributed by atoms with van der Waals surface area (Å²) in [5, 5.41) is 0. The van der Waals surface area contributed by atoms with Gasteiger partial charge in [-0.2, -0.15) is 0 Å². The van der Waals surface area contributed by atoms with Crippen molar-refractivity contribution in [1.29, 1.82) is 0 Å². The number of rotatable bonds is 0. The van der Waals surface area contributed by atoms with Crippen LogP contribution in [0.2, 0.25) is 0 Å². The van der Waals surface area contributed by atoms with Gasteiger partial charge in [0.2, 0.25) is 0 Å². The maximum absolute atomic E-state index is 10.7. The second kappa shape index (κ2) is 3.79. The van der Waals surface area contributed by atoms with E-state index in [0.717, 1.165) is 0 Å². The van der Waals surface area contributed by atoms with Crippen LogP contribution in [0.3, 0.4) is 0 Å². The van der Waals surface area contributed by atoms with Gasteiger partial charge in [0.25, 0.3) is 0 Å². The summed E-state index contributed by atoms with van der Waals surface area (Å²) < 4.78 is 10.1. The van der Waals surface area contributed by atoms with E-state index in [9.17, 15) is 4.79 Å². The average molecular weight is 198 g/mol. The minimum atomic E-state index is -0.448. The highest BCUT2D eigenvalue weighted by atomic mass is 16.8. The normalized spacial score (nSPS) is 42.3. The first-order valence-electron chi connectivity index (χ1n) is 5.63. The number of carbonyl (C=O) groups excluding carboxylic acids is 1. The Morgan fingerprint density at radius 2 is 1.57 bits per heavy atom. The van der Waals surface area contributed by atoms with Crippen LogP contribution in [0.1, 0.15) is 39.5 Å². The number of ether oxygens (including phenoxy) is 2. The molecule has 3 aliphatic rings. The predicted molar refractivity (Wildman–Crippen MR) is 51.9 cm³/mol. The third kappa shape index (κ3) is 1.49. The van der Waals surface area contributed by atoms with Crippen LogP contribution in [0.5, 0.6) is 0 Å². The lowest BCUT2D eigenvalue weighted by molar-refractivity contribution is 0.100. The van der Waals surface area contributed by atoms with Crippen molar-refractivity contribution in [3.05, 3.63) is 0 Å². The Hall–Kier alpha value is -0.730. The van der Waals surface area contributed by atoms with E-state index in [2.05, 4.69) is 13.8 Å². The molecule has 2 bridgehead atoms. The van der Waals surface area contributed by atoms with Gasteiger partial charge in [-0.1, -0.05) is 20.3 Å². The molecule has 0 aromatic rings. The Labute approximate surface area is 84.8 Å². The minimum Gasteiger partial charge on any atom is -0.427 e. The molecule has 2 saturated carbocycles. The van der Waals surface area contributed by atoms with Crippen LogP contribution in [0.15, 0.2) is 0 Å². The van der Waals surface area contributed by atoms with Gasteiger partial charge in [-0.25, -0.2) is 4.79 Å². The predicted octanol–water partition coefficient (Wildman–Crippen LogP) is 2.74. The van der Waals surface area contributed by atoms with Gasteiger partial charge in [-0.05, 0) is 19.3 Å². The number of carbonyl (C=O) groups is 1. The van der Waals surface area contributed by atoms with E-state index in [0.29, 0.717) is 11.8 Å². The second-order valence-electron chi connectivity index (χ2n) is 4.46. The topological polar surface area (TPSA) is 35.5 Å². The van der Waals surface area contributed by atoms with E-state index in [4.69, 9.17) is 9.47 Å². The van der Waals surface area contributed by atoms with Crippen LogP contribution in [0.25, 0.3) is 0 Å². The summed E-state index contributed by atoms with van der Waals surface area (Å²) in [6.07, 6.45) is 4.69. The molecule has 0 amide bonds. The first-order valence-corrected chi connectivity index (χ1v) is 5.63. The van der Waals surface area contributed by atoms with Gasteiger partial charge in [-0.15, -0.1) is 0 Å². The van der Waals surface area contributed by atoms with Crippen LogP contribution >= 0.6 is 0 Å². The zero-order valence-electron chi connectivity index (χ0n) is 8.86. The van der Waals surface area contributed by atoms with Crippen molar-refractivity contribution in [2.75, 3.05) is 0 Å². The average Bonchev–Trinajstić information content (AvgIpc) is 2.74. The molecule has 0 aromatic heterocycles. The van der Waals surface area contributed by atoms with Crippen LogP contribution in [-0.2, 0) is 9.47 Å². The quantitative estimate of drug-likeness (QED) is 0.561. The fourth-order valence-electron chi connectivity index (χ4n) is 2.76. The molecular formula is C11H18O3. The largest absolute Gasteiger partial charge is 0.509 e. The Kier molecular flexibility index (Phi) is 2.66. The summed E-state index contributed by atoms with van der Waals surface area (Å²) >= 11 is 0. The smallest absolute Gasteiger partial charge is 0.427 e. The summed E-state index contributed by atoms with van der Waals surface area (Å²) in [5.74, 6) is 1.22. The third-order valence-corrected chi connectivity index (χ3v) is 3.23. The molecule has 3 fully saturated rings. The van der Waals surface area contributed by atoms with Gasteiger partial charge < -0.3 is 9.47 Å². The molecule has 0 spiro atoms. The minimum absolute atomic E-state index is 0.112. The van der Waals surface area contributed by atoms with Gasteiger partial charge in [0.15, 0.2) is 0 Å². The molecule has 1 aliphatic heterocycles. The molecule has 0 aromatic carbocycles. The maximum atomic E-state index is 10.7. The van der Waals surface area contributed by atoms with Gasteiger partial charge in [0.1, 0.15) is 12.2 Å².